The first-order chi connectivity index (χ1) is 35.5. The van der Waals surface area contributed by atoms with Crippen LogP contribution in [0, 0.1) is 6.92 Å². The van der Waals surface area contributed by atoms with Crippen LogP contribution in [0.2, 0.25) is 0 Å². The van der Waals surface area contributed by atoms with Gasteiger partial charge in [-0.2, -0.15) is 6.92 Å². The SMILES string of the molecule is Br.BrBr.CCC(=O)c1cncnc1SC.CCC(O)c1cncnc1SC.CSc1ncncc1C(=O)C(C)Br.CSc1ncncc1C=O.CSc1ncncc1CO.[B][B]B([B])B([B])[B].[Br-].[CH2-]C.[Mg+2].[O]=[Mn]=[O].[O]=[Mn]=[O]. The Hall–Kier alpha value is -0.0603. The number of carbonyl (C=O) groups is 3. The van der Waals surface area contributed by atoms with Crippen molar-refractivity contribution < 1.29 is 86.6 Å². The maximum atomic E-state index is 11.6. The van der Waals surface area contributed by atoms with Gasteiger partial charge in [0.15, 0.2) is 17.9 Å². The maximum absolute atomic E-state index is 11.6. The zero-order chi connectivity index (χ0) is 57.9. The topological polar surface area (TPSA) is 289 Å². The van der Waals surface area contributed by atoms with Crippen molar-refractivity contribution in [3.63, 3.8) is 0 Å². The van der Waals surface area contributed by atoms with Crippen molar-refractivity contribution in [2.75, 3.05) is 31.3 Å². The molecule has 409 valence electrons. The summed E-state index contributed by atoms with van der Waals surface area (Å²) in [6.07, 6.45) is 25.3. The van der Waals surface area contributed by atoms with Crippen molar-refractivity contribution in [3.8, 4) is 0 Å². The molecule has 0 bridgehead atoms. The van der Waals surface area contributed by atoms with Crippen LogP contribution in [0.3, 0.4) is 0 Å². The van der Waals surface area contributed by atoms with E-state index in [4.69, 9.17) is 51.4 Å². The fraction of sp³-hybridized carbons (Fsp3) is 0.368. The number of alkyl halides is 1. The van der Waals surface area contributed by atoms with E-state index in [1.54, 1.807) is 38.6 Å². The number of halogens is 5. The van der Waals surface area contributed by atoms with Gasteiger partial charge in [0.05, 0.1) is 34.2 Å². The van der Waals surface area contributed by atoms with Crippen molar-refractivity contribution in [1.29, 1.82) is 0 Å². The quantitative estimate of drug-likeness (QED) is 0.0286. The third-order valence-electron chi connectivity index (χ3n) is 7.43. The van der Waals surface area contributed by atoms with Crippen LogP contribution in [0.15, 0.2) is 87.8 Å². The van der Waals surface area contributed by atoms with Crippen LogP contribution in [-0.4, -0.2) is 188 Å². The van der Waals surface area contributed by atoms with Crippen LogP contribution in [0.4, 0.5) is 0 Å². The molecule has 0 aliphatic rings. The number of aromatic nitrogens is 10. The van der Waals surface area contributed by atoms with Crippen molar-refractivity contribution >= 4 is 212 Å². The van der Waals surface area contributed by atoms with Crippen LogP contribution in [0.25, 0.3) is 0 Å². The van der Waals surface area contributed by atoms with Crippen LogP contribution in [0.5, 0.6) is 0 Å². The zero-order valence-corrected chi connectivity index (χ0v) is 58.9. The number of aliphatic hydroxyl groups is 2. The predicted octanol–water partition coefficient (Wildman–Crippen LogP) is 3.89. The van der Waals surface area contributed by atoms with Gasteiger partial charge in [-0.05, 0) is 44.6 Å². The van der Waals surface area contributed by atoms with E-state index in [1.165, 1.54) is 104 Å². The fourth-order valence-electron chi connectivity index (χ4n) is 4.02. The molecule has 5 aromatic heterocycles. The molecule has 9 radical (unpaired) electrons. The molecule has 19 nitrogen and oxygen atoms in total. The number of nitrogens with zero attached hydrogens (tertiary/aromatic N) is 10. The minimum absolute atomic E-state index is 0. The van der Waals surface area contributed by atoms with Crippen LogP contribution in [0.1, 0.15) is 88.8 Å². The van der Waals surface area contributed by atoms with Crippen LogP contribution < -0.4 is 17.0 Å². The summed E-state index contributed by atoms with van der Waals surface area (Å²) in [5, 5.41) is 22.2. The Morgan fingerprint density at radius 1 is 0.714 bits per heavy atom. The summed E-state index contributed by atoms with van der Waals surface area (Å²) in [4.78, 5) is 71.9. The Morgan fingerprint density at radius 2 is 1.08 bits per heavy atom. The molecule has 0 spiro atoms. The van der Waals surface area contributed by atoms with E-state index in [-0.39, 0.29) is 86.4 Å². The van der Waals surface area contributed by atoms with Crippen LogP contribution >= 0.6 is 120 Å². The molecule has 2 N–H and O–H groups in total. The summed E-state index contributed by atoms with van der Waals surface area (Å²) >= 11 is 13.2. The molecule has 0 amide bonds. The summed E-state index contributed by atoms with van der Waals surface area (Å²) in [6, 6.07) is 0. The van der Waals surface area contributed by atoms with Gasteiger partial charge in [0.1, 0.15) is 56.8 Å². The molecule has 39 heteroatoms. The Labute approximate surface area is 553 Å². The number of Topliss-reactive ketones (excluding diaryl/α,β-unsaturated/α-hetero) is 2. The van der Waals surface area contributed by atoms with Gasteiger partial charge >= 0.3 is 68.0 Å². The molecule has 0 aliphatic heterocycles. The third-order valence-corrected chi connectivity index (χ3v) is 11.5. The van der Waals surface area contributed by atoms with Crippen molar-refractivity contribution in [3.05, 3.63) is 97.4 Å². The second-order valence-corrected chi connectivity index (χ2v) is 17.6. The summed E-state index contributed by atoms with van der Waals surface area (Å²) < 4.78 is 33.6. The van der Waals surface area contributed by atoms with E-state index in [0.29, 0.717) is 29.5 Å². The van der Waals surface area contributed by atoms with E-state index >= 15 is 0 Å². The van der Waals surface area contributed by atoms with Gasteiger partial charge in [-0.1, -0.05) is 29.8 Å². The first-order valence-electron chi connectivity index (χ1n) is 20.1. The molecule has 0 aromatic carbocycles. The molecular formula is C38H51B7Br5MgMn2N10O9S5. The molecule has 0 fully saturated rings. The van der Waals surface area contributed by atoms with Crippen molar-refractivity contribution in [2.24, 2.45) is 0 Å². The molecule has 2 unspecified atom stereocenters. The number of ketones is 2. The van der Waals surface area contributed by atoms with E-state index in [2.05, 4.69) is 101 Å². The second-order valence-electron chi connectivity index (χ2n) is 11.9. The number of hydrogen-bond acceptors (Lipinski definition) is 24. The first-order valence-corrected chi connectivity index (χ1v) is 32.8. The predicted molar refractivity (Wildman–Crippen MR) is 321 cm³/mol. The second kappa shape index (κ2) is 66.7. The van der Waals surface area contributed by atoms with Gasteiger partial charge in [-0.3, -0.25) is 14.4 Å². The van der Waals surface area contributed by atoms with Gasteiger partial charge < -0.3 is 34.1 Å². The standard InChI is InChI=1S/C8H9BrN2OS.C8H12N2OS.C8H10N2OS.C6H8N2OS.C6H6N2OS.C2H5.B7.Br2.2BrH.Mg.2Mn.4O/c1-5(9)7(12)6-3-10-4-11-8(6)13-2;2*1-3-7(11)6-4-9-5-10-8(6)12-2;2*1-10-6-5(3-9)2-7-4-8-6;1-2;1-5-7(4)6(2)3;1-2;;;;;;;;;/h3-5H,1-2H3;4-5,7,11H,3H2,1-2H3;4-5H,3H2,1-2H3;2,4,9H,3H2,1H3;2-4H,1H3;1H2,2H3;;;2*1H;;;;;;;/q;;;;;-1;;;;;+2;;;;;;/p-1. The van der Waals surface area contributed by atoms with Crippen LogP contribution in [-0.2, 0) is 51.6 Å². The molecular weight excluding hydrogens is 1510 g/mol. The Balaban J connectivity index is -0.000000119. The van der Waals surface area contributed by atoms with Crippen molar-refractivity contribution in [1.82, 2.24) is 49.8 Å². The Morgan fingerprint density at radius 3 is 1.40 bits per heavy atom. The molecule has 0 saturated heterocycles. The summed E-state index contributed by atoms with van der Waals surface area (Å²) in [5.41, 5.74) is 3.38. The fourth-order valence-corrected chi connectivity index (χ4v) is 6.93. The minimum atomic E-state index is -1.44. The number of carbonyl (C=O) groups excluding carboxylic acids is 3. The molecule has 5 heterocycles. The van der Waals surface area contributed by atoms with E-state index in [9.17, 15) is 19.5 Å². The number of aliphatic hydroxyl groups excluding tert-OH is 2. The Kier molecular flexibility index (Phi) is 80.9. The zero-order valence-electron chi connectivity index (χ0n) is 43.0. The molecule has 0 aliphatic carbocycles. The van der Waals surface area contributed by atoms with Gasteiger partial charge in [-0.15, -0.1) is 75.8 Å². The molecule has 0 saturated carbocycles. The molecule has 77 heavy (non-hydrogen) atoms. The summed E-state index contributed by atoms with van der Waals surface area (Å²) in [5.74, 6) is 0.116. The first kappa shape index (κ1) is 93.4. The average molecular weight is 1560 g/mol. The number of rotatable bonds is 15. The number of hydrogen-bond donors (Lipinski definition) is 2. The van der Waals surface area contributed by atoms with Gasteiger partial charge in [0, 0.05) is 128 Å². The van der Waals surface area contributed by atoms with E-state index < -0.39 is 42.1 Å². The van der Waals surface area contributed by atoms with E-state index in [1.807, 2.05) is 45.1 Å². The molecule has 5 aromatic rings. The van der Waals surface area contributed by atoms with Gasteiger partial charge in [0.25, 0.3) is 0 Å². The average Bonchev–Trinajstić information content (AvgIpc) is 3.46. The van der Waals surface area contributed by atoms with Crippen molar-refractivity contribution in [2.45, 2.75) is 83.2 Å². The molecule has 5 rings (SSSR count). The van der Waals surface area contributed by atoms with E-state index in [0.717, 1.165) is 42.5 Å². The number of thioether (sulfide) groups is 5. The van der Waals surface area contributed by atoms with Gasteiger partial charge in [0.2, 0.25) is 0 Å². The monoisotopic (exact) mass is 1560 g/mol. The normalized spacial score (nSPS) is 9.29. The third kappa shape index (κ3) is 46.1. The molecule has 2 atom stereocenters. The van der Waals surface area contributed by atoms with Gasteiger partial charge in [-0.25, -0.2) is 49.8 Å². The summed E-state index contributed by atoms with van der Waals surface area (Å²) in [6.45, 7) is 10.6. The Bertz CT molecular complexity index is 2310. The number of aldehydes is 1. The summed E-state index contributed by atoms with van der Waals surface area (Å²) in [7, 11) is 21.6.